The van der Waals surface area contributed by atoms with E-state index in [0.717, 1.165) is 16.5 Å². The maximum Gasteiger partial charge on any atom is 0.219 e. The van der Waals surface area contributed by atoms with Crippen LogP contribution in [0.15, 0.2) is 54.9 Å². The van der Waals surface area contributed by atoms with Crippen LogP contribution in [0.2, 0.25) is 0 Å². The van der Waals surface area contributed by atoms with Crippen LogP contribution in [0.4, 0.5) is 0 Å². The van der Waals surface area contributed by atoms with Crippen LogP contribution in [0.25, 0.3) is 10.9 Å². The molecule has 2 aromatic heterocycles. The third kappa shape index (κ3) is 2.57. The van der Waals surface area contributed by atoms with Crippen LogP contribution in [-0.4, -0.2) is 15.0 Å². The second-order valence-corrected chi connectivity index (χ2v) is 4.65. The van der Waals surface area contributed by atoms with Gasteiger partial charge in [0.1, 0.15) is 10.7 Å². The Morgan fingerprint density at radius 2 is 1.95 bits per heavy atom. The fourth-order valence-corrected chi connectivity index (χ4v) is 1.98. The molecule has 0 saturated carbocycles. The van der Waals surface area contributed by atoms with Crippen LogP contribution >= 0.6 is 12.2 Å². The van der Waals surface area contributed by atoms with E-state index in [4.69, 9.17) is 22.7 Å². The van der Waals surface area contributed by atoms with Crippen LogP contribution < -0.4 is 10.5 Å². The quantitative estimate of drug-likeness (QED) is 0.748. The molecule has 5 heteroatoms. The summed E-state index contributed by atoms with van der Waals surface area (Å²) >= 11 is 4.93. The first-order valence-corrected chi connectivity index (χ1v) is 6.42. The van der Waals surface area contributed by atoms with Crippen LogP contribution in [0.3, 0.4) is 0 Å². The lowest BCUT2D eigenvalue weighted by Crippen LogP contribution is -2.09. The van der Waals surface area contributed by atoms with Gasteiger partial charge in [-0.25, -0.2) is 4.98 Å². The molecule has 0 aliphatic heterocycles. The van der Waals surface area contributed by atoms with E-state index in [1.165, 1.54) is 0 Å². The number of aromatic nitrogens is 2. The first-order valence-electron chi connectivity index (χ1n) is 6.01. The Hall–Kier alpha value is -2.53. The molecule has 0 spiro atoms. The second-order valence-electron chi connectivity index (χ2n) is 4.21. The van der Waals surface area contributed by atoms with Gasteiger partial charge in [0.2, 0.25) is 5.88 Å². The summed E-state index contributed by atoms with van der Waals surface area (Å²) in [5.41, 5.74) is 7.19. The summed E-state index contributed by atoms with van der Waals surface area (Å²) in [5, 5.41) is 1.06. The Morgan fingerprint density at radius 3 is 2.80 bits per heavy atom. The average Bonchev–Trinajstić information content (AvgIpc) is 2.47. The van der Waals surface area contributed by atoms with E-state index in [9.17, 15) is 0 Å². The fraction of sp³-hybridized carbons (Fsp3) is 0. The number of fused-ring (bicyclic) bond motifs is 1. The number of nitrogens with two attached hydrogens (primary N) is 1. The monoisotopic (exact) mass is 281 g/mol. The van der Waals surface area contributed by atoms with Gasteiger partial charge in [0.25, 0.3) is 0 Å². The summed E-state index contributed by atoms with van der Waals surface area (Å²) < 4.78 is 5.71. The van der Waals surface area contributed by atoms with Crippen molar-refractivity contribution in [1.82, 2.24) is 9.97 Å². The minimum atomic E-state index is 0.317. The first-order chi connectivity index (χ1) is 9.72. The second kappa shape index (κ2) is 5.22. The van der Waals surface area contributed by atoms with Crippen molar-refractivity contribution in [3.05, 3.63) is 60.4 Å². The molecule has 0 unspecified atom stereocenters. The highest BCUT2D eigenvalue weighted by Crippen LogP contribution is 2.23. The minimum absolute atomic E-state index is 0.317. The Balaban J connectivity index is 1.92. The average molecular weight is 281 g/mol. The van der Waals surface area contributed by atoms with Gasteiger partial charge in [-0.05, 0) is 24.3 Å². The molecule has 20 heavy (non-hydrogen) atoms. The van der Waals surface area contributed by atoms with E-state index >= 15 is 0 Å². The lowest BCUT2D eigenvalue weighted by Gasteiger charge is -2.06. The molecule has 3 rings (SSSR count). The topological polar surface area (TPSA) is 61.0 Å². The predicted molar refractivity (Wildman–Crippen MR) is 81.9 cm³/mol. The van der Waals surface area contributed by atoms with Crippen molar-refractivity contribution in [3.63, 3.8) is 0 Å². The molecule has 0 saturated heterocycles. The Morgan fingerprint density at radius 1 is 1.05 bits per heavy atom. The number of rotatable bonds is 3. The Kier molecular flexibility index (Phi) is 3.26. The van der Waals surface area contributed by atoms with Gasteiger partial charge in [-0.1, -0.05) is 18.3 Å². The SMILES string of the molecule is NC(=S)c1ccnc(Oc2ccc3cccnc3c2)c1. The van der Waals surface area contributed by atoms with E-state index in [1.54, 1.807) is 24.5 Å². The van der Waals surface area contributed by atoms with Crippen LogP contribution in [0.1, 0.15) is 5.56 Å². The highest BCUT2D eigenvalue weighted by molar-refractivity contribution is 7.80. The van der Waals surface area contributed by atoms with Gasteiger partial charge in [0.15, 0.2) is 0 Å². The lowest BCUT2D eigenvalue weighted by atomic mass is 10.2. The molecule has 4 nitrogen and oxygen atoms in total. The van der Waals surface area contributed by atoms with E-state index in [-0.39, 0.29) is 0 Å². The molecule has 0 bridgehead atoms. The molecule has 0 aliphatic carbocycles. The van der Waals surface area contributed by atoms with E-state index in [1.807, 2.05) is 30.3 Å². The molecule has 0 atom stereocenters. The number of benzene rings is 1. The largest absolute Gasteiger partial charge is 0.439 e. The number of hydrogen-bond acceptors (Lipinski definition) is 4. The predicted octanol–water partition coefficient (Wildman–Crippen LogP) is 3.06. The summed E-state index contributed by atoms with van der Waals surface area (Å²) in [7, 11) is 0. The van der Waals surface area contributed by atoms with Gasteiger partial charge in [0, 0.05) is 35.5 Å². The van der Waals surface area contributed by atoms with Crippen molar-refractivity contribution in [2.75, 3.05) is 0 Å². The summed E-state index contributed by atoms with van der Waals surface area (Å²) in [4.78, 5) is 8.74. The number of hydrogen-bond donors (Lipinski definition) is 1. The maximum atomic E-state index is 5.71. The number of ether oxygens (including phenoxy) is 1. The summed E-state index contributed by atoms with van der Waals surface area (Å²) in [6, 6.07) is 13.1. The van der Waals surface area contributed by atoms with Gasteiger partial charge >= 0.3 is 0 Å². The lowest BCUT2D eigenvalue weighted by molar-refractivity contribution is 0.463. The van der Waals surface area contributed by atoms with Crippen molar-refractivity contribution in [2.45, 2.75) is 0 Å². The summed E-state index contributed by atoms with van der Waals surface area (Å²) in [6.45, 7) is 0. The highest BCUT2D eigenvalue weighted by atomic mass is 32.1. The molecule has 0 aliphatic rings. The molecule has 0 amide bonds. The van der Waals surface area contributed by atoms with Gasteiger partial charge in [-0.2, -0.15) is 0 Å². The van der Waals surface area contributed by atoms with Gasteiger partial charge in [-0.3, -0.25) is 4.98 Å². The fourth-order valence-electron chi connectivity index (χ4n) is 1.85. The standard InChI is InChI=1S/C15H11N3OS/c16-15(20)11-5-7-18-14(8-11)19-12-4-3-10-2-1-6-17-13(10)9-12/h1-9H,(H2,16,20). The van der Waals surface area contributed by atoms with Crippen molar-refractivity contribution < 1.29 is 4.74 Å². The molecule has 0 radical (unpaired) electrons. The van der Waals surface area contributed by atoms with Crippen molar-refractivity contribution in [2.24, 2.45) is 5.73 Å². The molecule has 3 aromatic rings. The number of thiocarbonyl (C=S) groups is 1. The van der Waals surface area contributed by atoms with Crippen LogP contribution in [0, 0.1) is 0 Å². The maximum absolute atomic E-state index is 5.71. The highest BCUT2D eigenvalue weighted by Gasteiger charge is 2.03. The molecular formula is C15H11N3OS. The van der Waals surface area contributed by atoms with Crippen LogP contribution in [-0.2, 0) is 0 Å². The van der Waals surface area contributed by atoms with Crippen molar-refractivity contribution >= 4 is 28.1 Å². The van der Waals surface area contributed by atoms with E-state index < -0.39 is 0 Å². The zero-order valence-electron chi connectivity index (χ0n) is 10.5. The van der Waals surface area contributed by atoms with Crippen molar-refractivity contribution in [1.29, 1.82) is 0 Å². The smallest absolute Gasteiger partial charge is 0.219 e. The number of nitrogens with zero attached hydrogens (tertiary/aromatic N) is 2. The van der Waals surface area contributed by atoms with Crippen molar-refractivity contribution in [3.8, 4) is 11.6 Å². The minimum Gasteiger partial charge on any atom is -0.439 e. The van der Waals surface area contributed by atoms with E-state index in [0.29, 0.717) is 16.6 Å². The Labute approximate surface area is 121 Å². The molecule has 2 heterocycles. The third-order valence-corrected chi connectivity index (χ3v) is 3.05. The normalized spacial score (nSPS) is 10.4. The molecule has 1 aromatic carbocycles. The third-order valence-electron chi connectivity index (χ3n) is 2.82. The Bertz CT molecular complexity index is 789. The van der Waals surface area contributed by atoms with Gasteiger partial charge < -0.3 is 10.5 Å². The number of pyridine rings is 2. The first kappa shape index (κ1) is 12.5. The van der Waals surface area contributed by atoms with Crippen LogP contribution in [0.5, 0.6) is 11.6 Å². The summed E-state index contributed by atoms with van der Waals surface area (Å²) in [6.07, 6.45) is 3.36. The molecule has 98 valence electrons. The molecule has 2 N–H and O–H groups in total. The van der Waals surface area contributed by atoms with E-state index in [2.05, 4.69) is 9.97 Å². The zero-order valence-corrected chi connectivity index (χ0v) is 11.3. The van der Waals surface area contributed by atoms with Gasteiger partial charge in [0.05, 0.1) is 5.52 Å². The zero-order chi connectivity index (χ0) is 13.9. The molecule has 0 fully saturated rings. The van der Waals surface area contributed by atoms with Gasteiger partial charge in [-0.15, -0.1) is 0 Å². The molecular weight excluding hydrogens is 270 g/mol. The summed E-state index contributed by atoms with van der Waals surface area (Å²) in [5.74, 6) is 1.12.